The molecule has 82 valence electrons. The number of rotatable bonds is 4. The van der Waals surface area contributed by atoms with Crippen LogP contribution in [0, 0.1) is 0 Å². The number of carbonyl (C=O) groups excluding carboxylic acids is 1. The number of carbonyl (C=O) groups is 1. The van der Waals surface area contributed by atoms with Crippen molar-refractivity contribution in [2.75, 3.05) is 0 Å². The molecule has 5 nitrogen and oxygen atoms in total. The van der Waals surface area contributed by atoms with Crippen molar-refractivity contribution in [3.63, 3.8) is 0 Å². The lowest BCUT2D eigenvalue weighted by Gasteiger charge is -2.10. The van der Waals surface area contributed by atoms with E-state index in [-0.39, 0.29) is 6.42 Å². The number of hydrogen-bond acceptors (Lipinski definition) is 3. The molecule has 1 amide bonds. The second-order valence-corrected chi connectivity index (χ2v) is 4.92. The Morgan fingerprint density at radius 3 is 2.20 bits per heavy atom. The Bertz CT molecular complexity index is 442. The molecule has 0 aromatic heterocycles. The van der Waals surface area contributed by atoms with Gasteiger partial charge in [0.25, 0.3) is 0 Å². The first kappa shape index (κ1) is 11.7. The highest BCUT2D eigenvalue weighted by Gasteiger charge is 2.27. The number of primary amides is 1. The smallest absolute Gasteiger partial charge is 0.237 e. The summed E-state index contributed by atoms with van der Waals surface area (Å²) in [6.45, 7) is 0. The summed E-state index contributed by atoms with van der Waals surface area (Å²) < 4.78 is 22.1. The van der Waals surface area contributed by atoms with Crippen molar-refractivity contribution >= 4 is 15.9 Å². The first-order valence-electron chi connectivity index (χ1n) is 4.26. The van der Waals surface area contributed by atoms with E-state index >= 15 is 0 Å². The van der Waals surface area contributed by atoms with Gasteiger partial charge in [-0.2, -0.15) is 0 Å². The molecule has 1 aromatic carbocycles. The summed E-state index contributed by atoms with van der Waals surface area (Å²) in [5.41, 5.74) is 5.68. The van der Waals surface area contributed by atoms with E-state index in [0.717, 1.165) is 0 Å². The molecule has 0 radical (unpaired) electrons. The Morgan fingerprint density at radius 2 is 1.80 bits per heavy atom. The SMILES string of the molecule is NC(=O)C(Cc1ccccc1)S(N)(=O)=O. The predicted molar refractivity (Wildman–Crippen MR) is 56.2 cm³/mol. The van der Waals surface area contributed by atoms with Crippen LogP contribution >= 0.6 is 0 Å². The van der Waals surface area contributed by atoms with Crippen molar-refractivity contribution in [3.05, 3.63) is 35.9 Å². The van der Waals surface area contributed by atoms with Gasteiger partial charge in [-0.15, -0.1) is 0 Å². The van der Waals surface area contributed by atoms with Crippen molar-refractivity contribution in [3.8, 4) is 0 Å². The summed E-state index contributed by atoms with van der Waals surface area (Å²) in [4.78, 5) is 10.9. The topological polar surface area (TPSA) is 103 Å². The van der Waals surface area contributed by atoms with E-state index in [0.29, 0.717) is 5.56 Å². The summed E-state index contributed by atoms with van der Waals surface area (Å²) in [6.07, 6.45) is 0.00894. The molecule has 0 saturated heterocycles. The highest BCUT2D eigenvalue weighted by atomic mass is 32.2. The lowest BCUT2D eigenvalue weighted by molar-refractivity contribution is -0.117. The Morgan fingerprint density at radius 1 is 1.27 bits per heavy atom. The average Bonchev–Trinajstić information content (AvgIpc) is 2.13. The molecule has 0 fully saturated rings. The van der Waals surface area contributed by atoms with Crippen LogP contribution in [0.2, 0.25) is 0 Å². The third kappa shape index (κ3) is 3.34. The van der Waals surface area contributed by atoms with Crippen LogP contribution in [0.25, 0.3) is 0 Å². The minimum atomic E-state index is -3.94. The summed E-state index contributed by atoms with van der Waals surface area (Å²) in [5.74, 6) is -0.929. The van der Waals surface area contributed by atoms with Gasteiger partial charge in [-0.1, -0.05) is 30.3 Å². The maximum absolute atomic E-state index is 11.1. The molecule has 1 unspecified atom stereocenters. The number of amides is 1. The fourth-order valence-corrected chi connectivity index (χ4v) is 1.96. The molecule has 6 heteroatoms. The molecular weight excluding hydrogens is 216 g/mol. The molecule has 4 N–H and O–H groups in total. The van der Waals surface area contributed by atoms with Crippen LogP contribution < -0.4 is 10.9 Å². The largest absolute Gasteiger partial charge is 0.368 e. The molecule has 0 aliphatic heterocycles. The number of hydrogen-bond donors (Lipinski definition) is 2. The maximum Gasteiger partial charge on any atom is 0.237 e. The van der Waals surface area contributed by atoms with Gasteiger partial charge in [0.15, 0.2) is 5.25 Å². The van der Waals surface area contributed by atoms with Crippen molar-refractivity contribution in [1.82, 2.24) is 0 Å². The van der Waals surface area contributed by atoms with Crippen LogP contribution in [0.3, 0.4) is 0 Å². The normalized spacial score (nSPS) is 13.4. The number of sulfonamides is 1. The fourth-order valence-electron chi connectivity index (χ4n) is 1.21. The van der Waals surface area contributed by atoms with E-state index in [9.17, 15) is 13.2 Å². The summed E-state index contributed by atoms with van der Waals surface area (Å²) in [6, 6.07) is 8.70. The van der Waals surface area contributed by atoms with Crippen molar-refractivity contribution in [1.29, 1.82) is 0 Å². The quantitative estimate of drug-likeness (QED) is 0.717. The molecule has 0 saturated carbocycles. The lowest BCUT2D eigenvalue weighted by atomic mass is 10.1. The van der Waals surface area contributed by atoms with Gasteiger partial charge in [0.05, 0.1) is 0 Å². The molecule has 0 bridgehead atoms. The summed E-state index contributed by atoms with van der Waals surface area (Å²) >= 11 is 0. The molecule has 0 aliphatic rings. The van der Waals surface area contributed by atoms with Crippen LogP contribution in [-0.4, -0.2) is 19.6 Å². The minimum Gasteiger partial charge on any atom is -0.368 e. The van der Waals surface area contributed by atoms with Gasteiger partial charge < -0.3 is 5.73 Å². The Balaban J connectivity index is 2.92. The molecule has 1 rings (SSSR count). The molecule has 0 heterocycles. The molecule has 1 atom stereocenters. The monoisotopic (exact) mass is 228 g/mol. The number of nitrogens with two attached hydrogens (primary N) is 2. The Hall–Kier alpha value is -1.40. The Kier molecular flexibility index (Phi) is 3.43. The number of primary sulfonamides is 1. The highest BCUT2D eigenvalue weighted by molar-refractivity contribution is 7.90. The fraction of sp³-hybridized carbons (Fsp3) is 0.222. The van der Waals surface area contributed by atoms with E-state index in [1.54, 1.807) is 30.3 Å². The van der Waals surface area contributed by atoms with E-state index < -0.39 is 21.2 Å². The third-order valence-electron chi connectivity index (χ3n) is 1.98. The van der Waals surface area contributed by atoms with Gasteiger partial charge in [-0.3, -0.25) is 4.79 Å². The van der Waals surface area contributed by atoms with Crippen LogP contribution in [0.4, 0.5) is 0 Å². The zero-order valence-corrected chi connectivity index (χ0v) is 8.78. The second-order valence-electron chi connectivity index (χ2n) is 3.17. The van der Waals surface area contributed by atoms with Crippen LogP contribution in [0.15, 0.2) is 30.3 Å². The van der Waals surface area contributed by atoms with E-state index in [2.05, 4.69) is 0 Å². The average molecular weight is 228 g/mol. The molecule has 15 heavy (non-hydrogen) atoms. The molecular formula is C9H12N2O3S. The number of benzene rings is 1. The van der Waals surface area contributed by atoms with Gasteiger partial charge in [-0.25, -0.2) is 13.6 Å². The van der Waals surface area contributed by atoms with E-state index in [1.165, 1.54) is 0 Å². The van der Waals surface area contributed by atoms with Crippen LogP contribution in [0.5, 0.6) is 0 Å². The molecule has 1 aromatic rings. The summed E-state index contributed by atoms with van der Waals surface area (Å²) in [5, 5.41) is 3.54. The van der Waals surface area contributed by atoms with Gasteiger partial charge in [0.2, 0.25) is 15.9 Å². The highest BCUT2D eigenvalue weighted by Crippen LogP contribution is 2.07. The zero-order chi connectivity index (χ0) is 11.5. The van der Waals surface area contributed by atoms with Crippen LogP contribution in [0.1, 0.15) is 5.56 Å². The first-order valence-corrected chi connectivity index (χ1v) is 5.87. The standard InChI is InChI=1S/C9H12N2O3S/c10-9(12)8(15(11,13)14)6-7-4-2-1-3-5-7/h1-5,8H,6H2,(H2,10,12)(H2,11,13,14). The van der Waals surface area contributed by atoms with Crippen molar-refractivity contribution in [2.24, 2.45) is 10.9 Å². The maximum atomic E-state index is 11.1. The van der Waals surface area contributed by atoms with Crippen molar-refractivity contribution in [2.45, 2.75) is 11.7 Å². The molecule has 0 aliphatic carbocycles. The van der Waals surface area contributed by atoms with Gasteiger partial charge >= 0.3 is 0 Å². The van der Waals surface area contributed by atoms with Crippen LogP contribution in [-0.2, 0) is 21.2 Å². The van der Waals surface area contributed by atoms with Gasteiger partial charge in [0.1, 0.15) is 0 Å². The van der Waals surface area contributed by atoms with E-state index in [4.69, 9.17) is 10.9 Å². The van der Waals surface area contributed by atoms with Gasteiger partial charge in [-0.05, 0) is 12.0 Å². The second kappa shape index (κ2) is 4.41. The van der Waals surface area contributed by atoms with Crippen molar-refractivity contribution < 1.29 is 13.2 Å². The van der Waals surface area contributed by atoms with Gasteiger partial charge in [0, 0.05) is 0 Å². The predicted octanol–water partition coefficient (Wildman–Crippen LogP) is -0.629. The first-order chi connectivity index (χ1) is 6.91. The minimum absolute atomic E-state index is 0.00894. The summed E-state index contributed by atoms with van der Waals surface area (Å²) in [7, 11) is -3.94. The zero-order valence-electron chi connectivity index (χ0n) is 7.96. The third-order valence-corrected chi connectivity index (χ3v) is 3.17. The lowest BCUT2D eigenvalue weighted by Crippen LogP contribution is -2.41. The van der Waals surface area contributed by atoms with E-state index in [1.807, 2.05) is 0 Å². The Labute approximate surface area is 88.1 Å². The molecule has 0 spiro atoms.